The molecule has 0 aromatic carbocycles. The first-order valence-electron chi connectivity index (χ1n) is 8.54. The normalized spacial score (nSPS) is 25.0. The van der Waals surface area contributed by atoms with Gasteiger partial charge in [0.2, 0.25) is 0 Å². The Kier molecular flexibility index (Phi) is 5.87. The van der Waals surface area contributed by atoms with Crippen molar-refractivity contribution in [3.05, 3.63) is 0 Å². The first kappa shape index (κ1) is 18.9. The summed E-state index contributed by atoms with van der Waals surface area (Å²) in [5.74, 6) is 0.509. The van der Waals surface area contributed by atoms with E-state index in [4.69, 9.17) is 16.3 Å². The van der Waals surface area contributed by atoms with Crippen LogP contribution in [-0.4, -0.2) is 27.9 Å². The fraction of sp³-hybridized carbons (Fsp3) is 1.00. The van der Waals surface area contributed by atoms with Crippen molar-refractivity contribution in [2.45, 2.75) is 103 Å². The molecule has 4 heteroatoms. The molecule has 0 amide bonds. The number of nitrogens with zero attached hydrogens (tertiary/aromatic N) is 1. The topological polar surface area (TPSA) is 64.5 Å². The van der Waals surface area contributed by atoms with Gasteiger partial charge in [-0.1, -0.05) is 20.8 Å². The van der Waals surface area contributed by atoms with Gasteiger partial charge >= 0.3 is 0 Å². The Balaban J connectivity index is 3.02. The molecule has 0 spiro atoms. The average Bonchev–Trinajstić information content (AvgIpc) is 2.40. The highest BCUT2D eigenvalue weighted by Gasteiger charge is 2.51. The Labute approximate surface area is 131 Å². The lowest BCUT2D eigenvalue weighted by molar-refractivity contribution is -0.312. The molecule has 0 saturated carbocycles. The van der Waals surface area contributed by atoms with Crippen molar-refractivity contribution in [2.75, 3.05) is 0 Å². The molecule has 0 bridgehead atoms. The molecule has 0 aliphatic carbocycles. The van der Waals surface area contributed by atoms with Gasteiger partial charge in [0.1, 0.15) is 6.23 Å². The molecule has 4 nitrogen and oxygen atoms in total. The van der Waals surface area contributed by atoms with Gasteiger partial charge in [-0.3, -0.25) is 4.84 Å². The second-order valence-electron chi connectivity index (χ2n) is 8.02. The summed E-state index contributed by atoms with van der Waals surface area (Å²) in [6.45, 7) is 15.4. The predicted octanol–water partition coefficient (Wildman–Crippen LogP) is 3.40. The van der Waals surface area contributed by atoms with Gasteiger partial charge in [-0.25, -0.2) is 0 Å². The zero-order valence-electron chi connectivity index (χ0n) is 15.2. The average molecular weight is 300 g/mol. The molecule has 21 heavy (non-hydrogen) atoms. The van der Waals surface area contributed by atoms with Gasteiger partial charge in [0.05, 0.1) is 0 Å². The van der Waals surface area contributed by atoms with E-state index >= 15 is 0 Å². The lowest BCUT2D eigenvalue weighted by Gasteiger charge is -2.57. The van der Waals surface area contributed by atoms with Crippen molar-refractivity contribution in [2.24, 2.45) is 17.4 Å². The van der Waals surface area contributed by atoms with Gasteiger partial charge in [0, 0.05) is 16.6 Å². The van der Waals surface area contributed by atoms with Gasteiger partial charge in [0.25, 0.3) is 0 Å². The maximum absolute atomic E-state index is 6.70. The molecule has 0 aromatic heterocycles. The predicted molar refractivity (Wildman–Crippen MR) is 89.6 cm³/mol. The minimum Gasteiger partial charge on any atom is -0.325 e. The molecule has 1 rings (SSSR count). The van der Waals surface area contributed by atoms with Crippen molar-refractivity contribution in [3.8, 4) is 0 Å². The van der Waals surface area contributed by atoms with E-state index in [2.05, 4.69) is 53.5 Å². The summed E-state index contributed by atoms with van der Waals surface area (Å²) < 4.78 is 0. The van der Waals surface area contributed by atoms with Crippen LogP contribution in [0.2, 0.25) is 0 Å². The lowest BCUT2D eigenvalue weighted by atomic mass is 9.66. The quantitative estimate of drug-likeness (QED) is 0.738. The third-order valence-electron chi connectivity index (χ3n) is 5.36. The highest BCUT2D eigenvalue weighted by Crippen LogP contribution is 2.46. The highest BCUT2D eigenvalue weighted by atomic mass is 16.7. The molecule has 1 heterocycles. The minimum atomic E-state index is -0.236. The van der Waals surface area contributed by atoms with E-state index < -0.39 is 0 Å². The maximum Gasteiger partial charge on any atom is 0.127 e. The van der Waals surface area contributed by atoms with E-state index in [-0.39, 0.29) is 22.8 Å². The van der Waals surface area contributed by atoms with Crippen LogP contribution in [0.25, 0.3) is 0 Å². The summed E-state index contributed by atoms with van der Waals surface area (Å²) >= 11 is 0. The Morgan fingerprint density at radius 3 is 1.86 bits per heavy atom. The first-order valence-corrected chi connectivity index (χ1v) is 8.54. The maximum atomic E-state index is 6.70. The van der Waals surface area contributed by atoms with E-state index in [1.165, 1.54) is 0 Å². The van der Waals surface area contributed by atoms with Crippen molar-refractivity contribution in [3.63, 3.8) is 0 Å². The van der Waals surface area contributed by atoms with Crippen molar-refractivity contribution in [1.82, 2.24) is 5.06 Å². The van der Waals surface area contributed by atoms with Crippen LogP contribution in [-0.2, 0) is 4.84 Å². The minimum absolute atomic E-state index is 0.0613. The van der Waals surface area contributed by atoms with Gasteiger partial charge in [-0.05, 0) is 65.7 Å². The molecule has 126 valence electrons. The molecule has 0 aromatic rings. The number of hydroxylamine groups is 2. The molecule has 1 fully saturated rings. The molecule has 1 atom stereocenters. The Morgan fingerprint density at radius 2 is 1.52 bits per heavy atom. The molecule has 4 N–H and O–H groups in total. The molecule has 0 radical (unpaired) electrons. The Hall–Kier alpha value is -0.160. The molecule has 1 saturated heterocycles. The van der Waals surface area contributed by atoms with Crippen LogP contribution in [0.4, 0.5) is 0 Å². The Morgan fingerprint density at radius 1 is 1.10 bits per heavy atom. The van der Waals surface area contributed by atoms with Crippen molar-refractivity contribution < 1.29 is 4.84 Å². The molecular formula is C17H37N3O. The molecule has 1 unspecified atom stereocenters. The molecule has 1 aliphatic heterocycles. The summed E-state index contributed by atoms with van der Waals surface area (Å²) in [6, 6.07) is 0. The van der Waals surface area contributed by atoms with Crippen LogP contribution in [0.15, 0.2) is 0 Å². The number of hydrogen-bond acceptors (Lipinski definition) is 4. The van der Waals surface area contributed by atoms with Crippen LogP contribution < -0.4 is 11.5 Å². The fourth-order valence-corrected chi connectivity index (χ4v) is 3.99. The summed E-state index contributed by atoms with van der Waals surface area (Å²) in [5.41, 5.74) is 12.5. The van der Waals surface area contributed by atoms with Crippen LogP contribution in [0.1, 0.15) is 80.6 Å². The monoisotopic (exact) mass is 299 g/mol. The van der Waals surface area contributed by atoms with Crippen LogP contribution in [0, 0.1) is 5.92 Å². The summed E-state index contributed by atoms with van der Waals surface area (Å²) in [5, 5.41) is 2.14. The summed E-state index contributed by atoms with van der Waals surface area (Å²) in [7, 11) is 0. The van der Waals surface area contributed by atoms with E-state index in [1.807, 2.05) is 0 Å². The number of nitrogens with two attached hydrogens (primary N) is 2. The highest BCUT2D eigenvalue weighted by molar-refractivity contribution is 5.03. The van der Waals surface area contributed by atoms with E-state index in [0.717, 1.165) is 32.1 Å². The smallest absolute Gasteiger partial charge is 0.127 e. The van der Waals surface area contributed by atoms with E-state index in [0.29, 0.717) is 5.92 Å². The van der Waals surface area contributed by atoms with E-state index in [1.54, 1.807) is 0 Å². The second kappa shape index (κ2) is 6.53. The van der Waals surface area contributed by atoms with Gasteiger partial charge in [-0.2, -0.15) is 5.06 Å². The first-order chi connectivity index (χ1) is 9.52. The SMILES string of the molecule is CCC(N)ON1C(C)(C)CC(C(N)(CC)CC)CC1(C)C. The van der Waals surface area contributed by atoms with Gasteiger partial charge in [-0.15, -0.1) is 0 Å². The fourth-order valence-electron chi connectivity index (χ4n) is 3.99. The zero-order chi connectivity index (χ0) is 16.5. The van der Waals surface area contributed by atoms with E-state index in [9.17, 15) is 0 Å². The van der Waals surface area contributed by atoms with Crippen molar-refractivity contribution in [1.29, 1.82) is 0 Å². The third kappa shape index (κ3) is 3.98. The number of hydrogen-bond donors (Lipinski definition) is 2. The molecule has 1 aliphatic rings. The number of piperidine rings is 1. The second-order valence-corrected chi connectivity index (χ2v) is 8.02. The largest absolute Gasteiger partial charge is 0.325 e. The summed E-state index contributed by atoms with van der Waals surface area (Å²) in [6.07, 6.45) is 4.72. The van der Waals surface area contributed by atoms with Gasteiger partial charge < -0.3 is 11.5 Å². The Bertz CT molecular complexity index is 319. The number of rotatable bonds is 6. The third-order valence-corrected chi connectivity index (χ3v) is 5.36. The van der Waals surface area contributed by atoms with Gasteiger partial charge in [0.15, 0.2) is 0 Å². The standard InChI is InChI=1S/C17H37N3O/c1-8-14(18)21-20-15(4,5)11-13(12-16(20,6)7)17(19,9-2)10-3/h13-14H,8-12,18-19H2,1-7H3. The van der Waals surface area contributed by atoms with Crippen LogP contribution in [0.3, 0.4) is 0 Å². The lowest BCUT2D eigenvalue weighted by Crippen LogP contribution is -2.65. The summed E-state index contributed by atoms with van der Waals surface area (Å²) in [4.78, 5) is 6.07. The van der Waals surface area contributed by atoms with Crippen molar-refractivity contribution >= 4 is 0 Å². The molecular weight excluding hydrogens is 262 g/mol. The van der Waals surface area contributed by atoms with Crippen LogP contribution >= 0.6 is 0 Å². The van der Waals surface area contributed by atoms with Crippen LogP contribution in [0.5, 0.6) is 0 Å². The zero-order valence-corrected chi connectivity index (χ0v) is 15.2.